The van der Waals surface area contributed by atoms with E-state index < -0.39 is 12.0 Å². The highest BCUT2D eigenvalue weighted by atomic mass is 16.4. The van der Waals surface area contributed by atoms with Gasteiger partial charge in [0, 0.05) is 30.2 Å². The summed E-state index contributed by atoms with van der Waals surface area (Å²) in [6, 6.07) is 12.6. The Bertz CT molecular complexity index is 1300. The average molecular weight is 470 g/mol. The van der Waals surface area contributed by atoms with Crippen molar-refractivity contribution in [2.24, 2.45) is 0 Å². The van der Waals surface area contributed by atoms with Crippen LogP contribution in [0, 0.1) is 25.2 Å². The predicted octanol–water partition coefficient (Wildman–Crippen LogP) is 4.32. The van der Waals surface area contributed by atoms with E-state index in [1.165, 1.54) is 0 Å². The standard InChI is InChI=1S/C27H27N5O3/c1-17-20(21-11-12-29-18(2)22(21)14-28)6-5-7-23(17)31-26(33)24-10-9-19(15-30-24)16-32-13-4-3-8-25(32)27(34)35/h5-7,9-12,15,25H,3-4,8,13,16H2,1-2H3,(H,31,33)(H,34,35)/t25-/m1/s1. The second-order valence-electron chi connectivity index (χ2n) is 8.73. The lowest BCUT2D eigenvalue weighted by atomic mass is 9.95. The van der Waals surface area contributed by atoms with Crippen LogP contribution in [0.3, 0.4) is 0 Å². The zero-order chi connectivity index (χ0) is 24.9. The van der Waals surface area contributed by atoms with Crippen molar-refractivity contribution < 1.29 is 14.7 Å². The number of carbonyl (C=O) groups is 2. The zero-order valence-corrected chi connectivity index (χ0v) is 19.8. The minimum absolute atomic E-state index is 0.268. The first-order valence-electron chi connectivity index (χ1n) is 11.6. The van der Waals surface area contributed by atoms with Gasteiger partial charge in [0.05, 0.1) is 11.3 Å². The van der Waals surface area contributed by atoms with Gasteiger partial charge in [0.2, 0.25) is 0 Å². The van der Waals surface area contributed by atoms with E-state index in [2.05, 4.69) is 21.4 Å². The molecule has 2 aromatic heterocycles. The summed E-state index contributed by atoms with van der Waals surface area (Å²) < 4.78 is 0. The number of aryl methyl sites for hydroxylation is 1. The SMILES string of the molecule is Cc1nccc(-c2cccc(NC(=O)c3ccc(CN4CCCC[C@@H]4C(=O)O)cn3)c2C)c1C#N. The van der Waals surface area contributed by atoms with E-state index in [0.717, 1.165) is 41.6 Å². The van der Waals surface area contributed by atoms with E-state index in [-0.39, 0.29) is 11.6 Å². The van der Waals surface area contributed by atoms with Gasteiger partial charge in [0.15, 0.2) is 0 Å². The van der Waals surface area contributed by atoms with Crippen molar-refractivity contribution in [3.8, 4) is 17.2 Å². The lowest BCUT2D eigenvalue weighted by Crippen LogP contribution is -2.44. The number of aromatic nitrogens is 2. The summed E-state index contributed by atoms with van der Waals surface area (Å²) in [6.07, 6.45) is 5.85. The molecule has 4 rings (SSSR count). The fraction of sp³-hybridized carbons (Fsp3) is 0.296. The minimum atomic E-state index is -0.796. The van der Waals surface area contributed by atoms with Gasteiger partial charge in [-0.25, -0.2) is 0 Å². The number of likely N-dealkylation sites (tertiary alicyclic amines) is 1. The maximum atomic E-state index is 12.9. The van der Waals surface area contributed by atoms with Gasteiger partial charge in [-0.1, -0.05) is 24.6 Å². The smallest absolute Gasteiger partial charge is 0.320 e. The number of nitrogens with zero attached hydrogens (tertiary/aromatic N) is 4. The van der Waals surface area contributed by atoms with Crippen molar-refractivity contribution in [2.45, 2.75) is 45.7 Å². The number of aliphatic carboxylic acids is 1. The molecule has 3 aromatic rings. The van der Waals surface area contributed by atoms with Crippen molar-refractivity contribution in [1.29, 1.82) is 5.26 Å². The molecule has 1 aromatic carbocycles. The van der Waals surface area contributed by atoms with Crippen molar-refractivity contribution in [3.05, 3.63) is 76.9 Å². The molecule has 0 aliphatic carbocycles. The van der Waals surface area contributed by atoms with Gasteiger partial charge in [-0.15, -0.1) is 0 Å². The van der Waals surface area contributed by atoms with Crippen LogP contribution in [0.2, 0.25) is 0 Å². The van der Waals surface area contributed by atoms with Crippen LogP contribution >= 0.6 is 0 Å². The number of carboxylic acids is 1. The lowest BCUT2D eigenvalue weighted by Gasteiger charge is -2.32. The molecular weight excluding hydrogens is 442 g/mol. The molecule has 1 amide bonds. The number of nitriles is 1. The van der Waals surface area contributed by atoms with Crippen LogP contribution in [0.4, 0.5) is 5.69 Å². The number of carboxylic acid groups (broad SMARTS) is 1. The van der Waals surface area contributed by atoms with Crippen molar-refractivity contribution in [3.63, 3.8) is 0 Å². The second kappa shape index (κ2) is 10.5. The van der Waals surface area contributed by atoms with Gasteiger partial charge < -0.3 is 10.4 Å². The Labute approximate surface area is 204 Å². The first-order chi connectivity index (χ1) is 16.9. The van der Waals surface area contributed by atoms with Gasteiger partial charge in [0.1, 0.15) is 17.8 Å². The molecule has 1 saturated heterocycles. The molecule has 0 unspecified atom stereocenters. The summed E-state index contributed by atoms with van der Waals surface area (Å²) in [5.41, 5.74) is 5.39. The van der Waals surface area contributed by atoms with Crippen LogP contribution in [-0.2, 0) is 11.3 Å². The molecule has 1 aliphatic rings. The van der Waals surface area contributed by atoms with E-state index in [1.807, 2.05) is 36.1 Å². The number of rotatable bonds is 6. The third-order valence-corrected chi connectivity index (χ3v) is 6.47. The predicted molar refractivity (Wildman–Crippen MR) is 132 cm³/mol. The van der Waals surface area contributed by atoms with Gasteiger partial charge in [-0.05, 0) is 68.1 Å². The maximum Gasteiger partial charge on any atom is 0.320 e. The molecule has 1 fully saturated rings. The number of hydrogen-bond acceptors (Lipinski definition) is 6. The molecule has 0 spiro atoms. The molecule has 8 heteroatoms. The first kappa shape index (κ1) is 24.0. The van der Waals surface area contributed by atoms with Gasteiger partial charge in [-0.3, -0.25) is 24.5 Å². The van der Waals surface area contributed by atoms with Crippen molar-refractivity contribution in [1.82, 2.24) is 14.9 Å². The Morgan fingerprint density at radius 3 is 2.69 bits per heavy atom. The monoisotopic (exact) mass is 469 g/mol. The highest BCUT2D eigenvalue weighted by Gasteiger charge is 2.28. The van der Waals surface area contributed by atoms with Crippen LogP contribution < -0.4 is 5.32 Å². The summed E-state index contributed by atoms with van der Waals surface area (Å²) in [5, 5.41) is 22.0. The molecule has 1 aliphatic heterocycles. The second-order valence-corrected chi connectivity index (χ2v) is 8.73. The third-order valence-electron chi connectivity index (χ3n) is 6.47. The summed E-state index contributed by atoms with van der Waals surface area (Å²) in [6.45, 7) is 4.92. The number of carbonyl (C=O) groups excluding carboxylic acids is 1. The number of hydrogen-bond donors (Lipinski definition) is 2. The van der Waals surface area contributed by atoms with Gasteiger partial charge >= 0.3 is 5.97 Å². The third kappa shape index (κ3) is 5.20. The van der Waals surface area contributed by atoms with Gasteiger partial charge in [0.25, 0.3) is 5.91 Å². The van der Waals surface area contributed by atoms with E-state index in [0.29, 0.717) is 29.9 Å². The Morgan fingerprint density at radius 1 is 1.14 bits per heavy atom. The fourth-order valence-electron chi connectivity index (χ4n) is 4.53. The Balaban J connectivity index is 1.50. The van der Waals surface area contributed by atoms with E-state index >= 15 is 0 Å². The van der Waals surface area contributed by atoms with Crippen LogP contribution in [0.25, 0.3) is 11.1 Å². The Morgan fingerprint density at radius 2 is 1.97 bits per heavy atom. The zero-order valence-electron chi connectivity index (χ0n) is 19.8. The lowest BCUT2D eigenvalue weighted by molar-refractivity contribution is -0.144. The molecule has 3 heterocycles. The van der Waals surface area contributed by atoms with Crippen molar-refractivity contribution >= 4 is 17.6 Å². The van der Waals surface area contributed by atoms with Gasteiger partial charge in [-0.2, -0.15) is 5.26 Å². The molecular formula is C27H27N5O3. The molecule has 1 atom stereocenters. The quantitative estimate of drug-likeness (QED) is 0.552. The first-order valence-corrected chi connectivity index (χ1v) is 11.6. The molecule has 0 bridgehead atoms. The van der Waals surface area contributed by atoms with Crippen molar-refractivity contribution in [2.75, 3.05) is 11.9 Å². The molecule has 178 valence electrons. The van der Waals surface area contributed by atoms with E-state index in [1.54, 1.807) is 31.5 Å². The Kier molecular flexibility index (Phi) is 7.18. The minimum Gasteiger partial charge on any atom is -0.480 e. The molecule has 8 nitrogen and oxygen atoms in total. The highest BCUT2D eigenvalue weighted by Crippen LogP contribution is 2.31. The fourth-order valence-corrected chi connectivity index (χ4v) is 4.53. The topological polar surface area (TPSA) is 119 Å². The number of anilines is 1. The molecule has 0 radical (unpaired) electrons. The summed E-state index contributed by atoms with van der Waals surface area (Å²) in [7, 11) is 0. The highest BCUT2D eigenvalue weighted by molar-refractivity contribution is 6.03. The normalized spacial score (nSPS) is 15.9. The van der Waals surface area contributed by atoms with Crippen LogP contribution in [-0.4, -0.2) is 44.4 Å². The van der Waals surface area contributed by atoms with E-state index in [4.69, 9.17) is 0 Å². The van der Waals surface area contributed by atoms with Crippen LogP contribution in [0.15, 0.2) is 48.8 Å². The largest absolute Gasteiger partial charge is 0.480 e. The summed E-state index contributed by atoms with van der Waals surface area (Å²) in [5.74, 6) is -1.14. The summed E-state index contributed by atoms with van der Waals surface area (Å²) in [4.78, 5) is 34.9. The maximum absolute atomic E-state index is 12.9. The number of amides is 1. The Hall–Kier alpha value is -4.09. The molecule has 0 saturated carbocycles. The number of benzene rings is 1. The number of nitrogens with one attached hydrogen (secondary N) is 1. The molecule has 35 heavy (non-hydrogen) atoms. The summed E-state index contributed by atoms with van der Waals surface area (Å²) >= 11 is 0. The average Bonchev–Trinajstić information content (AvgIpc) is 2.86. The molecule has 2 N–H and O–H groups in total. The van der Waals surface area contributed by atoms with Crippen LogP contribution in [0.1, 0.15) is 52.1 Å². The van der Waals surface area contributed by atoms with E-state index in [9.17, 15) is 20.0 Å². The number of pyridine rings is 2. The number of piperidine rings is 1. The van der Waals surface area contributed by atoms with Crippen LogP contribution in [0.5, 0.6) is 0 Å².